The molecule has 2 aromatic heterocycles. The molecule has 9 nitrogen and oxygen atoms in total. The maximum atomic E-state index is 17.7. The number of nitrogens with zero attached hydrogens (tertiary/aromatic N) is 5. The van der Waals surface area contributed by atoms with Gasteiger partial charge >= 0.3 is 6.01 Å². The van der Waals surface area contributed by atoms with Crippen molar-refractivity contribution >= 4 is 35.8 Å². The lowest BCUT2D eigenvalue weighted by molar-refractivity contribution is -0.151. The molecule has 56 heavy (non-hydrogen) atoms. The van der Waals surface area contributed by atoms with Gasteiger partial charge < -0.3 is 23.9 Å². The molecule has 4 aliphatic rings. The molecule has 4 fully saturated rings. The van der Waals surface area contributed by atoms with E-state index >= 15 is 8.78 Å². The van der Waals surface area contributed by atoms with Crippen molar-refractivity contribution in [3.63, 3.8) is 0 Å². The van der Waals surface area contributed by atoms with Gasteiger partial charge in [-0.05, 0) is 103 Å². The first-order valence-corrected chi connectivity index (χ1v) is 23.2. The van der Waals surface area contributed by atoms with E-state index < -0.39 is 14.1 Å². The number of fused-ring (bicyclic) bond motifs is 3. The Labute approximate surface area is 331 Å². The second-order valence-electron chi connectivity index (χ2n) is 17.9. The standard InChI is InChI=1S/C44H59F2N5O4Si/c1-8-33-36(45)12-11-30-21-32(55-56(27(2)3,28(4)5)29(6)7)22-34(37(30)33)39-38(46)40-35(23-47-39)41(50-18-10-15-44(25-50)17-20-54-44)49-42(48-40)53-26-43-14-9-19-51(43)31(24-52)13-16-43/h11-12,21-23,27-29,31,52H,8-10,13-20,24-26H2,1-7H3/t31-,43-,44-/m1/s1. The summed E-state index contributed by atoms with van der Waals surface area (Å²) in [5.41, 5.74) is 1.73. The van der Waals surface area contributed by atoms with E-state index in [4.69, 9.17) is 28.9 Å². The number of hydrogen-bond acceptors (Lipinski definition) is 9. The summed E-state index contributed by atoms with van der Waals surface area (Å²) in [4.78, 5) is 19.2. The van der Waals surface area contributed by atoms with E-state index in [0.717, 1.165) is 70.0 Å². The summed E-state index contributed by atoms with van der Waals surface area (Å²) in [6.45, 7) is 18.9. The molecule has 3 atom stereocenters. The number of aliphatic hydroxyl groups excluding tert-OH is 1. The minimum absolute atomic E-state index is 0.0920. The molecule has 0 saturated carbocycles. The molecule has 8 rings (SSSR count). The molecule has 0 amide bonds. The Kier molecular flexibility index (Phi) is 10.6. The van der Waals surface area contributed by atoms with Crippen LogP contribution in [0.2, 0.25) is 16.6 Å². The number of aryl methyl sites for hydroxylation is 1. The van der Waals surface area contributed by atoms with Crippen molar-refractivity contribution < 1.29 is 27.8 Å². The van der Waals surface area contributed by atoms with E-state index in [1.807, 2.05) is 19.1 Å². The first kappa shape index (κ1) is 39.4. The Morgan fingerprint density at radius 2 is 1.73 bits per heavy atom. The van der Waals surface area contributed by atoms with Crippen LogP contribution in [0.5, 0.6) is 11.8 Å². The average molecular weight is 788 g/mol. The van der Waals surface area contributed by atoms with E-state index in [1.54, 1.807) is 12.3 Å². The van der Waals surface area contributed by atoms with Gasteiger partial charge in [-0.25, -0.2) is 8.78 Å². The van der Waals surface area contributed by atoms with Gasteiger partial charge in [-0.3, -0.25) is 9.88 Å². The number of rotatable bonds is 12. The summed E-state index contributed by atoms with van der Waals surface area (Å²) in [5, 5.41) is 12.0. The number of hydrogen-bond donors (Lipinski definition) is 1. The van der Waals surface area contributed by atoms with Gasteiger partial charge in [0.1, 0.15) is 35.2 Å². The van der Waals surface area contributed by atoms with Crippen molar-refractivity contribution in [2.75, 3.05) is 44.4 Å². The molecule has 302 valence electrons. The third kappa shape index (κ3) is 6.46. The molecule has 12 heteroatoms. The van der Waals surface area contributed by atoms with Crippen LogP contribution in [0.1, 0.15) is 99.0 Å². The quantitative estimate of drug-likeness (QED) is 0.141. The van der Waals surface area contributed by atoms with Gasteiger partial charge in [0.25, 0.3) is 8.32 Å². The number of ether oxygens (including phenoxy) is 2. The van der Waals surface area contributed by atoms with Crippen LogP contribution >= 0.6 is 0 Å². The van der Waals surface area contributed by atoms with Gasteiger partial charge in [-0.2, -0.15) is 9.97 Å². The normalized spacial score (nSPS) is 24.3. The van der Waals surface area contributed by atoms with Gasteiger partial charge in [0.2, 0.25) is 0 Å². The van der Waals surface area contributed by atoms with Crippen molar-refractivity contribution in [3.05, 3.63) is 47.7 Å². The fraction of sp³-hybridized carbons (Fsp3) is 0.614. The molecule has 6 heterocycles. The van der Waals surface area contributed by atoms with Crippen LogP contribution in [-0.4, -0.2) is 89.9 Å². The molecular weight excluding hydrogens is 729 g/mol. The predicted molar refractivity (Wildman–Crippen MR) is 220 cm³/mol. The monoisotopic (exact) mass is 787 g/mol. The highest BCUT2D eigenvalue weighted by molar-refractivity contribution is 6.78. The van der Waals surface area contributed by atoms with Gasteiger partial charge in [0.05, 0.1) is 29.7 Å². The topological polar surface area (TPSA) is 93.1 Å². The minimum Gasteiger partial charge on any atom is -0.543 e. The van der Waals surface area contributed by atoms with Crippen molar-refractivity contribution in [1.82, 2.24) is 19.9 Å². The number of benzene rings is 2. The van der Waals surface area contributed by atoms with E-state index in [9.17, 15) is 5.11 Å². The van der Waals surface area contributed by atoms with Gasteiger partial charge in [-0.15, -0.1) is 0 Å². The number of aliphatic hydroxyl groups is 1. The van der Waals surface area contributed by atoms with Crippen LogP contribution in [0, 0.1) is 11.6 Å². The first-order chi connectivity index (χ1) is 26.8. The van der Waals surface area contributed by atoms with E-state index in [1.165, 1.54) is 6.07 Å². The van der Waals surface area contributed by atoms with Crippen LogP contribution in [-0.2, 0) is 11.2 Å². The Bertz CT molecular complexity index is 2090. The van der Waals surface area contributed by atoms with Crippen molar-refractivity contribution in [3.8, 4) is 23.0 Å². The smallest absolute Gasteiger partial charge is 0.319 e. The van der Waals surface area contributed by atoms with Crippen LogP contribution in [0.25, 0.3) is 32.9 Å². The van der Waals surface area contributed by atoms with E-state index in [2.05, 4.69) is 51.3 Å². The van der Waals surface area contributed by atoms with Gasteiger partial charge in [0, 0.05) is 37.3 Å². The third-order valence-electron chi connectivity index (χ3n) is 13.9. The molecular formula is C44H59F2N5O4Si. The molecule has 0 aliphatic carbocycles. The summed E-state index contributed by atoms with van der Waals surface area (Å²) in [5.74, 6) is 0.297. The zero-order chi connectivity index (χ0) is 39.6. The van der Waals surface area contributed by atoms with Gasteiger partial charge in [-0.1, -0.05) is 54.5 Å². The van der Waals surface area contributed by atoms with Crippen LogP contribution in [0.4, 0.5) is 14.6 Å². The molecule has 0 radical (unpaired) electrons. The summed E-state index contributed by atoms with van der Waals surface area (Å²) in [6, 6.07) is 7.36. The second-order valence-corrected chi connectivity index (χ2v) is 23.2. The lowest BCUT2D eigenvalue weighted by atomic mass is 9.86. The Hall–Kier alpha value is -3.45. The van der Waals surface area contributed by atoms with Crippen LogP contribution < -0.4 is 14.1 Å². The largest absolute Gasteiger partial charge is 0.543 e. The second kappa shape index (κ2) is 15.0. The Balaban J connectivity index is 1.28. The maximum absolute atomic E-state index is 17.7. The van der Waals surface area contributed by atoms with E-state index in [0.29, 0.717) is 69.7 Å². The molecule has 1 spiro atoms. The summed E-state index contributed by atoms with van der Waals surface area (Å²) in [7, 11) is -2.41. The molecule has 0 unspecified atom stereocenters. The molecule has 4 aliphatic heterocycles. The molecule has 4 saturated heterocycles. The highest BCUT2D eigenvalue weighted by atomic mass is 28.4. The number of aromatic nitrogens is 3. The van der Waals surface area contributed by atoms with Crippen molar-refractivity contribution in [2.45, 2.75) is 134 Å². The highest BCUT2D eigenvalue weighted by Crippen LogP contribution is 2.47. The fourth-order valence-corrected chi connectivity index (χ4v) is 16.4. The van der Waals surface area contributed by atoms with Crippen molar-refractivity contribution in [2.24, 2.45) is 0 Å². The predicted octanol–water partition coefficient (Wildman–Crippen LogP) is 9.37. The molecule has 2 aromatic carbocycles. The summed E-state index contributed by atoms with van der Waals surface area (Å²) in [6.07, 6.45) is 8.82. The Morgan fingerprint density at radius 1 is 0.982 bits per heavy atom. The maximum Gasteiger partial charge on any atom is 0.319 e. The SMILES string of the molecule is CCc1c(F)ccc2cc(O[Si](C(C)C)(C(C)C)C(C)C)cc(-c3ncc4c(N5CCC[C@@]6(CCO6)C5)nc(OC[C@]56CCCN5[C@@H](CO)CC6)nc4c3F)c12. The minimum atomic E-state index is -2.41. The van der Waals surface area contributed by atoms with Crippen LogP contribution in [0.3, 0.4) is 0 Å². The number of halogens is 2. The summed E-state index contributed by atoms with van der Waals surface area (Å²) < 4.78 is 53.1. The lowest BCUT2D eigenvalue weighted by Gasteiger charge is -2.48. The van der Waals surface area contributed by atoms with Crippen molar-refractivity contribution in [1.29, 1.82) is 0 Å². The fourth-order valence-electron chi connectivity index (χ4n) is 11.1. The zero-order valence-corrected chi connectivity index (χ0v) is 35.3. The summed E-state index contributed by atoms with van der Waals surface area (Å²) >= 11 is 0. The highest BCUT2D eigenvalue weighted by Gasteiger charge is 2.50. The van der Waals surface area contributed by atoms with Gasteiger partial charge in [0.15, 0.2) is 5.82 Å². The third-order valence-corrected chi connectivity index (χ3v) is 19.9. The average Bonchev–Trinajstić information content (AvgIpc) is 3.74. The number of piperidine rings is 1. The lowest BCUT2D eigenvalue weighted by Crippen LogP contribution is -2.56. The first-order valence-electron chi connectivity index (χ1n) is 21.1. The van der Waals surface area contributed by atoms with Crippen LogP contribution in [0.15, 0.2) is 30.5 Å². The Morgan fingerprint density at radius 3 is 2.41 bits per heavy atom. The molecule has 1 N–H and O–H groups in total. The molecule has 0 bridgehead atoms. The number of anilines is 1. The van der Waals surface area contributed by atoms with E-state index in [-0.39, 0.29) is 46.8 Å². The zero-order valence-electron chi connectivity index (χ0n) is 34.3. The number of pyridine rings is 1. The molecule has 4 aromatic rings.